The zero-order chi connectivity index (χ0) is 16.7. The molecule has 1 N–H and O–H groups in total. The number of hydrogen-bond donors (Lipinski definition) is 1. The first-order valence-electron chi connectivity index (χ1n) is 7.57. The topological polar surface area (TPSA) is 77.6 Å². The van der Waals surface area contributed by atoms with Crippen LogP contribution in [0.5, 0.6) is 0 Å². The Labute approximate surface area is 137 Å². The number of rotatable bonds is 4. The van der Waals surface area contributed by atoms with E-state index in [4.69, 9.17) is 0 Å². The first kappa shape index (κ1) is 14.6. The van der Waals surface area contributed by atoms with Crippen molar-refractivity contribution in [2.45, 2.75) is 18.3 Å². The number of nitrogens with zero attached hydrogens (tertiary/aromatic N) is 5. The molecule has 0 radical (unpaired) electrons. The van der Waals surface area contributed by atoms with Gasteiger partial charge in [-0.25, -0.2) is 9.07 Å². The molecule has 0 aliphatic heterocycles. The fourth-order valence-corrected chi connectivity index (χ4v) is 2.82. The summed E-state index contributed by atoms with van der Waals surface area (Å²) in [6, 6.07) is 8.08. The zero-order valence-corrected chi connectivity index (χ0v) is 13.0. The van der Waals surface area contributed by atoms with Crippen molar-refractivity contribution in [2.24, 2.45) is 7.05 Å². The lowest BCUT2D eigenvalue weighted by Crippen LogP contribution is -2.29. The van der Waals surface area contributed by atoms with Crippen molar-refractivity contribution in [1.82, 2.24) is 24.5 Å². The molecule has 0 atom stereocenters. The molecule has 0 spiro atoms. The van der Waals surface area contributed by atoms with E-state index in [1.54, 1.807) is 48.4 Å². The summed E-state index contributed by atoms with van der Waals surface area (Å²) in [7, 11) is 1.80. The molecule has 4 rings (SSSR count). The normalized spacial score (nSPS) is 15.2. The molecule has 0 saturated heterocycles. The Hall–Kier alpha value is -3.03. The maximum absolute atomic E-state index is 14.0. The van der Waals surface area contributed by atoms with Gasteiger partial charge in [0.25, 0.3) is 5.95 Å². The van der Waals surface area contributed by atoms with Gasteiger partial charge in [-0.2, -0.15) is 0 Å². The molecule has 122 valence electrons. The second-order valence-corrected chi connectivity index (χ2v) is 5.90. The molecule has 1 saturated carbocycles. The molecule has 1 aromatic carbocycles. The minimum Gasteiger partial charge on any atom is -0.308 e. The van der Waals surface area contributed by atoms with E-state index in [-0.39, 0.29) is 11.7 Å². The van der Waals surface area contributed by atoms with E-state index in [2.05, 4.69) is 20.6 Å². The number of anilines is 1. The van der Waals surface area contributed by atoms with E-state index in [0.29, 0.717) is 30.2 Å². The number of benzene rings is 1. The quantitative estimate of drug-likeness (QED) is 0.793. The minimum absolute atomic E-state index is 0.240. The van der Waals surface area contributed by atoms with Gasteiger partial charge in [-0.05, 0) is 18.9 Å². The zero-order valence-electron chi connectivity index (χ0n) is 13.0. The first-order valence-corrected chi connectivity index (χ1v) is 7.57. The van der Waals surface area contributed by atoms with E-state index in [9.17, 15) is 9.18 Å². The molecule has 0 bridgehead atoms. The predicted octanol–water partition coefficient (Wildman–Crippen LogP) is 1.81. The van der Waals surface area contributed by atoms with E-state index >= 15 is 0 Å². The van der Waals surface area contributed by atoms with Crippen LogP contribution in [0.3, 0.4) is 0 Å². The third-order valence-corrected chi connectivity index (χ3v) is 4.30. The number of nitrogens with one attached hydrogen (secondary N) is 1. The summed E-state index contributed by atoms with van der Waals surface area (Å²) in [5, 5.41) is 14.8. The van der Waals surface area contributed by atoms with E-state index in [1.165, 1.54) is 10.7 Å². The van der Waals surface area contributed by atoms with Gasteiger partial charge in [0, 0.05) is 24.9 Å². The third kappa shape index (κ3) is 2.27. The average Bonchev–Trinajstić information content (AvgIpc) is 3.06. The second-order valence-electron chi connectivity index (χ2n) is 5.90. The second kappa shape index (κ2) is 5.26. The maximum atomic E-state index is 14.0. The maximum Gasteiger partial charge on any atom is 0.251 e. The van der Waals surface area contributed by atoms with Crippen LogP contribution in [0.4, 0.5) is 10.2 Å². The number of amides is 1. The summed E-state index contributed by atoms with van der Waals surface area (Å²) in [5.41, 5.74) is -0.352. The van der Waals surface area contributed by atoms with Crippen LogP contribution in [0.1, 0.15) is 18.4 Å². The van der Waals surface area contributed by atoms with Crippen LogP contribution in [-0.2, 0) is 17.3 Å². The fourth-order valence-electron chi connectivity index (χ4n) is 2.82. The highest BCUT2D eigenvalue weighted by molar-refractivity contribution is 6.00. The number of hydrogen-bond acceptors (Lipinski definition) is 4. The summed E-state index contributed by atoms with van der Waals surface area (Å²) < 4.78 is 17.3. The number of carbonyl (C=O) groups is 1. The van der Waals surface area contributed by atoms with Gasteiger partial charge in [-0.3, -0.25) is 4.79 Å². The summed E-state index contributed by atoms with van der Waals surface area (Å²) >= 11 is 0. The van der Waals surface area contributed by atoms with Crippen LogP contribution in [0.2, 0.25) is 0 Å². The van der Waals surface area contributed by atoms with Gasteiger partial charge >= 0.3 is 0 Å². The average molecular weight is 326 g/mol. The Kier molecular flexibility index (Phi) is 3.19. The highest BCUT2D eigenvalue weighted by atomic mass is 19.1. The largest absolute Gasteiger partial charge is 0.308 e. The summed E-state index contributed by atoms with van der Waals surface area (Å²) in [5.74, 6) is 0.335. The number of aryl methyl sites for hydroxylation is 1. The van der Waals surface area contributed by atoms with Crippen molar-refractivity contribution in [2.75, 3.05) is 5.32 Å². The lowest BCUT2D eigenvalue weighted by molar-refractivity contribution is -0.118. The van der Waals surface area contributed by atoms with Crippen molar-refractivity contribution < 1.29 is 9.18 Å². The van der Waals surface area contributed by atoms with Gasteiger partial charge in [0.2, 0.25) is 5.91 Å². The first-order chi connectivity index (χ1) is 11.6. The highest BCUT2D eigenvalue weighted by Gasteiger charge is 2.52. The summed E-state index contributed by atoms with van der Waals surface area (Å²) in [4.78, 5) is 12.7. The van der Waals surface area contributed by atoms with Crippen molar-refractivity contribution in [1.29, 1.82) is 0 Å². The lowest BCUT2D eigenvalue weighted by atomic mass is 9.94. The van der Waals surface area contributed by atoms with Crippen molar-refractivity contribution in [3.05, 3.63) is 54.2 Å². The van der Waals surface area contributed by atoms with Crippen LogP contribution in [0.25, 0.3) is 5.95 Å². The molecule has 1 amide bonds. The summed E-state index contributed by atoms with van der Waals surface area (Å²) in [6.07, 6.45) is 4.50. The monoisotopic (exact) mass is 326 g/mol. The van der Waals surface area contributed by atoms with Gasteiger partial charge in [0.05, 0.1) is 5.41 Å². The van der Waals surface area contributed by atoms with Crippen molar-refractivity contribution in [3.8, 4) is 5.95 Å². The van der Waals surface area contributed by atoms with Crippen LogP contribution >= 0.6 is 0 Å². The van der Waals surface area contributed by atoms with Gasteiger partial charge in [-0.15, -0.1) is 15.3 Å². The Morgan fingerprint density at radius 2 is 2.08 bits per heavy atom. The molecule has 1 aliphatic carbocycles. The molecule has 24 heavy (non-hydrogen) atoms. The standard InChI is InChI=1S/C16H15FN6O/c1-22-10-18-20-15(22)23-9-6-13(21-23)19-14(24)16(7-8-16)11-4-2-3-5-12(11)17/h2-6,9-10H,7-8H2,1H3,(H,19,21,24). The Morgan fingerprint density at radius 1 is 1.29 bits per heavy atom. The number of aromatic nitrogens is 5. The van der Waals surface area contributed by atoms with Crippen LogP contribution in [-0.4, -0.2) is 30.5 Å². The molecule has 3 aromatic rings. The van der Waals surface area contributed by atoms with Gasteiger partial charge in [0.1, 0.15) is 12.1 Å². The van der Waals surface area contributed by atoms with E-state index in [0.717, 1.165) is 0 Å². The minimum atomic E-state index is -0.792. The van der Waals surface area contributed by atoms with Crippen LogP contribution in [0.15, 0.2) is 42.9 Å². The van der Waals surface area contributed by atoms with Crippen LogP contribution in [0, 0.1) is 5.82 Å². The van der Waals surface area contributed by atoms with E-state index in [1.807, 2.05) is 0 Å². The molecular weight excluding hydrogens is 311 g/mol. The lowest BCUT2D eigenvalue weighted by Gasteiger charge is -2.15. The van der Waals surface area contributed by atoms with E-state index < -0.39 is 5.41 Å². The molecule has 2 aromatic heterocycles. The molecule has 2 heterocycles. The SMILES string of the molecule is Cn1cnnc1-n1ccc(NC(=O)C2(c3ccccc3F)CC2)n1. The molecular formula is C16H15FN6O. The highest BCUT2D eigenvalue weighted by Crippen LogP contribution is 2.49. The Morgan fingerprint density at radius 3 is 2.75 bits per heavy atom. The van der Waals surface area contributed by atoms with Gasteiger partial charge in [-0.1, -0.05) is 18.2 Å². The van der Waals surface area contributed by atoms with Gasteiger partial charge in [0.15, 0.2) is 5.82 Å². The van der Waals surface area contributed by atoms with Crippen LogP contribution < -0.4 is 5.32 Å². The molecule has 8 heteroatoms. The number of carbonyl (C=O) groups excluding carboxylic acids is 1. The summed E-state index contributed by atoms with van der Waals surface area (Å²) in [6.45, 7) is 0. The smallest absolute Gasteiger partial charge is 0.251 e. The molecule has 0 unspecified atom stereocenters. The van der Waals surface area contributed by atoms with Crippen molar-refractivity contribution in [3.63, 3.8) is 0 Å². The Bertz CT molecular complexity index is 911. The Balaban J connectivity index is 1.56. The number of halogens is 1. The molecule has 1 aliphatic rings. The predicted molar refractivity (Wildman–Crippen MR) is 84.1 cm³/mol. The molecule has 7 nitrogen and oxygen atoms in total. The third-order valence-electron chi connectivity index (χ3n) is 4.30. The molecule has 1 fully saturated rings. The fraction of sp³-hybridized carbons (Fsp3) is 0.250. The van der Waals surface area contributed by atoms with Gasteiger partial charge < -0.3 is 9.88 Å². The van der Waals surface area contributed by atoms with Crippen molar-refractivity contribution >= 4 is 11.7 Å².